The molecule has 0 radical (unpaired) electrons. The van der Waals surface area contributed by atoms with Gasteiger partial charge in [-0.3, -0.25) is 9.59 Å². The first kappa shape index (κ1) is 32.4. The molecule has 240 valence electrons. The minimum atomic E-state index is -0.631. The van der Waals surface area contributed by atoms with Crippen LogP contribution >= 0.6 is 35.0 Å². The summed E-state index contributed by atoms with van der Waals surface area (Å²) < 4.78 is 0. The molecular weight excluding hydrogens is 625 g/mol. The number of thioether (sulfide) groups is 1. The highest BCUT2D eigenvalue weighted by Gasteiger charge is 2.54. The van der Waals surface area contributed by atoms with Gasteiger partial charge in [0.1, 0.15) is 16.5 Å². The van der Waals surface area contributed by atoms with Gasteiger partial charge in [-0.05, 0) is 107 Å². The van der Waals surface area contributed by atoms with Crippen molar-refractivity contribution in [2.75, 3.05) is 27.2 Å². The van der Waals surface area contributed by atoms with Gasteiger partial charge >= 0.3 is 0 Å². The van der Waals surface area contributed by atoms with Gasteiger partial charge in [-0.2, -0.15) is 0 Å². The Morgan fingerprint density at radius 3 is 2.13 bits per heavy atom. The van der Waals surface area contributed by atoms with E-state index in [1.165, 1.54) is 11.8 Å². The molecular formula is C35H43Cl2N5O2S. The van der Waals surface area contributed by atoms with Crippen LogP contribution < -0.4 is 0 Å². The summed E-state index contributed by atoms with van der Waals surface area (Å²) in [5.74, 6) is 0.0748. The number of aliphatic imine (C=N–C) groups is 1. The Balaban J connectivity index is 1.35. The molecule has 4 atom stereocenters. The van der Waals surface area contributed by atoms with E-state index in [0.29, 0.717) is 27.4 Å². The normalized spacial score (nSPS) is 27.2. The Kier molecular flexibility index (Phi) is 9.07. The van der Waals surface area contributed by atoms with Crippen molar-refractivity contribution in [1.29, 1.82) is 0 Å². The lowest BCUT2D eigenvalue weighted by Gasteiger charge is -2.38. The molecule has 7 nitrogen and oxygen atoms in total. The van der Waals surface area contributed by atoms with Gasteiger partial charge in [0.05, 0.1) is 6.04 Å². The maximum absolute atomic E-state index is 14.7. The maximum Gasteiger partial charge on any atom is 0.263 e. The van der Waals surface area contributed by atoms with Crippen molar-refractivity contribution in [3.8, 4) is 0 Å². The zero-order chi connectivity index (χ0) is 32.2. The first-order valence-corrected chi connectivity index (χ1v) is 17.6. The van der Waals surface area contributed by atoms with Crippen molar-refractivity contribution in [3.05, 3.63) is 80.3 Å². The van der Waals surface area contributed by atoms with Crippen molar-refractivity contribution in [2.24, 2.45) is 10.9 Å². The van der Waals surface area contributed by atoms with Gasteiger partial charge < -0.3 is 19.6 Å². The van der Waals surface area contributed by atoms with Crippen LogP contribution in [0.3, 0.4) is 0 Å². The molecule has 0 bridgehead atoms. The summed E-state index contributed by atoms with van der Waals surface area (Å²) in [6.07, 6.45) is 3.43. The predicted molar refractivity (Wildman–Crippen MR) is 184 cm³/mol. The van der Waals surface area contributed by atoms with E-state index >= 15 is 0 Å². The number of rotatable bonds is 6. The number of carbonyl (C=O) groups is 2. The second kappa shape index (κ2) is 12.6. The van der Waals surface area contributed by atoms with E-state index in [2.05, 4.69) is 63.7 Å². The first-order valence-electron chi connectivity index (χ1n) is 16.0. The highest BCUT2D eigenvalue weighted by Crippen LogP contribution is 2.56. The van der Waals surface area contributed by atoms with Gasteiger partial charge in [-0.15, -0.1) is 0 Å². The molecule has 0 aliphatic carbocycles. The Labute approximate surface area is 281 Å². The quantitative estimate of drug-likeness (QED) is 0.327. The molecule has 4 aliphatic heterocycles. The molecule has 10 heteroatoms. The highest BCUT2D eigenvalue weighted by atomic mass is 35.5. The van der Waals surface area contributed by atoms with Crippen LogP contribution in [0.15, 0.2) is 64.1 Å². The van der Waals surface area contributed by atoms with E-state index < -0.39 is 11.6 Å². The number of allylic oxidation sites excluding steroid dienone is 1. The third kappa shape index (κ3) is 5.81. The molecule has 4 heterocycles. The van der Waals surface area contributed by atoms with Crippen LogP contribution in [0.4, 0.5) is 0 Å². The Bertz CT molecular complexity index is 1520. The first-order chi connectivity index (χ1) is 21.4. The molecule has 0 saturated carbocycles. The van der Waals surface area contributed by atoms with Crippen LogP contribution in [0.2, 0.25) is 10.0 Å². The predicted octanol–water partition coefficient (Wildman–Crippen LogP) is 7.17. The van der Waals surface area contributed by atoms with E-state index in [-0.39, 0.29) is 29.8 Å². The Morgan fingerprint density at radius 1 is 0.956 bits per heavy atom. The summed E-state index contributed by atoms with van der Waals surface area (Å²) in [7, 11) is 4.21. The van der Waals surface area contributed by atoms with Crippen LogP contribution in [-0.4, -0.2) is 81.9 Å². The number of piperidine rings is 1. The van der Waals surface area contributed by atoms with Crippen LogP contribution in [0.5, 0.6) is 0 Å². The number of carbonyl (C=O) groups excluding carboxylic acids is 2. The molecule has 6 rings (SSSR count). The van der Waals surface area contributed by atoms with Gasteiger partial charge in [0.25, 0.3) is 5.91 Å². The van der Waals surface area contributed by atoms with Gasteiger partial charge in [0.2, 0.25) is 5.91 Å². The fourth-order valence-electron chi connectivity index (χ4n) is 7.56. The third-order valence-corrected chi connectivity index (χ3v) is 11.6. The van der Waals surface area contributed by atoms with E-state index in [1.54, 1.807) is 0 Å². The average molecular weight is 669 g/mol. The van der Waals surface area contributed by atoms with Crippen LogP contribution in [-0.2, 0) is 15.1 Å². The number of fused-ring (bicyclic) bond motifs is 1. The average Bonchev–Trinajstić information content (AvgIpc) is 3.66. The van der Waals surface area contributed by atoms with Crippen molar-refractivity contribution >= 4 is 51.9 Å². The number of hydrogen-bond donors (Lipinski definition) is 0. The lowest BCUT2D eigenvalue weighted by Crippen LogP contribution is -2.53. The SMILES string of the molecule is CC(C)C1=C(C(=O)N2[C@H](C)CC[C@@H]2C(=O)N2CCC(N(C)C)CC2)SC2=N[C@@](C)(c3ccc(Cl)cc3)[C@@H](c3ccc(Cl)cc3)N21. The Hall–Kier alpha value is -2.52. The number of nitrogens with zero attached hydrogens (tertiary/aromatic N) is 5. The molecule has 2 aromatic carbocycles. The van der Waals surface area contributed by atoms with Crippen LogP contribution in [0.1, 0.15) is 70.5 Å². The van der Waals surface area contributed by atoms with Crippen molar-refractivity contribution in [1.82, 2.24) is 19.6 Å². The zero-order valence-corrected chi connectivity index (χ0v) is 29.3. The molecule has 0 N–H and O–H groups in total. The molecule has 2 saturated heterocycles. The fourth-order valence-corrected chi connectivity index (χ4v) is 9.17. The van der Waals surface area contributed by atoms with E-state index in [4.69, 9.17) is 28.2 Å². The largest absolute Gasteiger partial charge is 0.341 e. The fraction of sp³-hybridized carbons (Fsp3) is 0.514. The second-order valence-electron chi connectivity index (χ2n) is 13.5. The van der Waals surface area contributed by atoms with Gasteiger partial charge in [-0.25, -0.2) is 4.99 Å². The van der Waals surface area contributed by atoms with Gasteiger partial charge in [-0.1, -0.05) is 61.3 Å². The molecule has 0 aromatic heterocycles. The lowest BCUT2D eigenvalue weighted by molar-refractivity contribution is -0.144. The van der Waals surface area contributed by atoms with Crippen LogP contribution in [0.25, 0.3) is 0 Å². The summed E-state index contributed by atoms with van der Waals surface area (Å²) in [6, 6.07) is 15.6. The van der Waals surface area contributed by atoms with Crippen molar-refractivity contribution < 1.29 is 9.59 Å². The molecule has 0 unspecified atom stereocenters. The minimum absolute atomic E-state index is 0.0175. The third-order valence-electron chi connectivity index (χ3n) is 10.1. The standard InChI is InChI=1S/C35H43Cl2N5O2S/c1-21(2)29-30(33(44)41-22(3)7-16-28(41)32(43)40-19-17-27(18-20-40)39(5)6)45-34-38-35(4,24-10-14-26(37)15-11-24)31(42(29)34)23-8-12-25(36)13-9-23/h8-15,21-22,27-28,31H,7,16-20H2,1-6H3/t22-,28-,31-,35+/m1/s1. The smallest absolute Gasteiger partial charge is 0.263 e. The minimum Gasteiger partial charge on any atom is -0.341 e. The zero-order valence-electron chi connectivity index (χ0n) is 27.0. The summed E-state index contributed by atoms with van der Waals surface area (Å²) in [6.45, 7) is 9.96. The molecule has 2 amide bonds. The molecule has 0 spiro atoms. The summed E-state index contributed by atoms with van der Waals surface area (Å²) in [5.41, 5.74) is 2.43. The summed E-state index contributed by atoms with van der Waals surface area (Å²) >= 11 is 14.1. The number of amidine groups is 1. The Morgan fingerprint density at radius 2 is 1.56 bits per heavy atom. The summed E-state index contributed by atoms with van der Waals surface area (Å²) in [5, 5.41) is 2.15. The molecule has 45 heavy (non-hydrogen) atoms. The summed E-state index contributed by atoms with van der Waals surface area (Å²) in [4.78, 5) is 43.0. The van der Waals surface area contributed by atoms with E-state index in [0.717, 1.165) is 54.3 Å². The second-order valence-corrected chi connectivity index (χ2v) is 15.4. The molecule has 4 aliphatic rings. The number of likely N-dealkylation sites (tertiary alicyclic amines) is 2. The number of amides is 2. The number of benzene rings is 2. The highest BCUT2D eigenvalue weighted by molar-refractivity contribution is 8.18. The molecule has 2 aromatic rings. The van der Waals surface area contributed by atoms with Gasteiger partial charge in [0.15, 0.2) is 5.17 Å². The van der Waals surface area contributed by atoms with Gasteiger partial charge in [0, 0.05) is 40.9 Å². The number of halogens is 2. The van der Waals surface area contributed by atoms with Crippen molar-refractivity contribution in [2.45, 2.75) is 83.1 Å². The molecule has 2 fully saturated rings. The van der Waals surface area contributed by atoms with Crippen LogP contribution in [0, 0.1) is 5.92 Å². The maximum atomic E-state index is 14.7. The number of hydrogen-bond acceptors (Lipinski definition) is 6. The van der Waals surface area contributed by atoms with Crippen molar-refractivity contribution in [3.63, 3.8) is 0 Å². The van der Waals surface area contributed by atoms with E-state index in [1.807, 2.05) is 46.2 Å². The monoisotopic (exact) mass is 667 g/mol. The topological polar surface area (TPSA) is 59.5 Å². The van der Waals surface area contributed by atoms with E-state index in [9.17, 15) is 9.59 Å². The lowest BCUT2D eigenvalue weighted by atomic mass is 9.81.